The summed E-state index contributed by atoms with van der Waals surface area (Å²) in [6.45, 7) is 3.68. The molecule has 5 heteroatoms. The molecule has 0 heterocycles. The molecule has 3 atom stereocenters. The van der Waals surface area contributed by atoms with Crippen LogP contribution in [0.4, 0.5) is 0 Å². The van der Waals surface area contributed by atoms with Crippen molar-refractivity contribution in [1.29, 1.82) is 0 Å². The van der Waals surface area contributed by atoms with Crippen molar-refractivity contribution in [3.63, 3.8) is 0 Å². The maximum absolute atomic E-state index is 11.9. The summed E-state index contributed by atoms with van der Waals surface area (Å²) in [4.78, 5) is 11.9. The monoisotopic (exact) mass is 301 g/mol. The van der Waals surface area contributed by atoms with Crippen LogP contribution in [-0.2, 0) is 4.79 Å². The Labute approximate surface area is 123 Å². The number of halogens is 1. The van der Waals surface area contributed by atoms with Crippen LogP contribution >= 0.6 is 23.4 Å². The Morgan fingerprint density at radius 3 is 2.47 bits per heavy atom. The van der Waals surface area contributed by atoms with Crippen LogP contribution in [0.1, 0.15) is 25.5 Å². The van der Waals surface area contributed by atoms with Gasteiger partial charge in [-0.2, -0.15) is 11.8 Å². The number of amides is 1. The summed E-state index contributed by atoms with van der Waals surface area (Å²) < 4.78 is 0. The predicted octanol–water partition coefficient (Wildman–Crippen LogP) is 2.88. The molecule has 19 heavy (non-hydrogen) atoms. The van der Waals surface area contributed by atoms with Gasteiger partial charge in [-0.25, -0.2) is 0 Å². The van der Waals surface area contributed by atoms with Crippen molar-refractivity contribution in [3.05, 3.63) is 34.9 Å². The molecule has 3 nitrogen and oxygen atoms in total. The zero-order valence-corrected chi connectivity index (χ0v) is 13.0. The van der Waals surface area contributed by atoms with Gasteiger partial charge in [0.2, 0.25) is 5.91 Å². The van der Waals surface area contributed by atoms with E-state index in [2.05, 4.69) is 5.32 Å². The second-order valence-electron chi connectivity index (χ2n) is 4.65. The summed E-state index contributed by atoms with van der Waals surface area (Å²) in [7, 11) is 0. The van der Waals surface area contributed by atoms with Crippen molar-refractivity contribution in [1.82, 2.24) is 5.32 Å². The van der Waals surface area contributed by atoms with Gasteiger partial charge in [0.15, 0.2) is 0 Å². The lowest BCUT2D eigenvalue weighted by molar-refractivity contribution is -0.125. The number of hydrogen-bond donors (Lipinski definition) is 2. The molecule has 0 saturated heterocycles. The lowest BCUT2D eigenvalue weighted by atomic mass is 10.0. The van der Waals surface area contributed by atoms with Gasteiger partial charge >= 0.3 is 0 Å². The van der Waals surface area contributed by atoms with E-state index in [9.17, 15) is 9.90 Å². The van der Waals surface area contributed by atoms with Gasteiger partial charge in [-0.1, -0.05) is 30.7 Å². The van der Waals surface area contributed by atoms with Crippen LogP contribution in [-0.4, -0.2) is 29.1 Å². The fourth-order valence-electron chi connectivity index (χ4n) is 1.72. The molecule has 106 valence electrons. The Balaban J connectivity index is 2.59. The summed E-state index contributed by atoms with van der Waals surface area (Å²) in [5, 5.41) is 13.6. The second kappa shape index (κ2) is 7.78. The molecule has 0 saturated carbocycles. The standard InChI is InChI=1S/C14H20ClNO2S/c1-9(8-19-3)14(18)16-10(2)13(17)11-4-6-12(15)7-5-11/h4-7,9-10,13,17H,8H2,1-3H3,(H,16,18). The van der Waals surface area contributed by atoms with E-state index in [1.807, 2.05) is 13.2 Å². The van der Waals surface area contributed by atoms with E-state index in [0.717, 1.165) is 11.3 Å². The van der Waals surface area contributed by atoms with Crippen LogP contribution in [0.5, 0.6) is 0 Å². The van der Waals surface area contributed by atoms with E-state index in [0.29, 0.717) is 5.02 Å². The van der Waals surface area contributed by atoms with Gasteiger partial charge < -0.3 is 10.4 Å². The molecular formula is C14H20ClNO2S. The normalized spacial score (nSPS) is 15.6. The molecule has 0 spiro atoms. The number of thioether (sulfide) groups is 1. The van der Waals surface area contributed by atoms with Gasteiger partial charge in [0.25, 0.3) is 0 Å². The lowest BCUT2D eigenvalue weighted by Gasteiger charge is -2.22. The van der Waals surface area contributed by atoms with Crippen LogP contribution in [0, 0.1) is 5.92 Å². The molecule has 0 bridgehead atoms. The number of aliphatic hydroxyl groups excluding tert-OH is 1. The first-order valence-electron chi connectivity index (χ1n) is 6.18. The maximum atomic E-state index is 11.9. The number of rotatable bonds is 6. The Hall–Kier alpha value is -0.710. The highest BCUT2D eigenvalue weighted by atomic mass is 35.5. The van der Waals surface area contributed by atoms with Crippen LogP contribution in [0.25, 0.3) is 0 Å². The molecule has 0 aromatic heterocycles. The maximum Gasteiger partial charge on any atom is 0.223 e. The SMILES string of the molecule is CSCC(C)C(=O)NC(C)C(O)c1ccc(Cl)cc1. The minimum Gasteiger partial charge on any atom is -0.386 e. The zero-order valence-electron chi connectivity index (χ0n) is 11.4. The molecular weight excluding hydrogens is 282 g/mol. The smallest absolute Gasteiger partial charge is 0.223 e. The zero-order chi connectivity index (χ0) is 14.4. The number of nitrogens with one attached hydrogen (secondary N) is 1. The molecule has 3 unspecified atom stereocenters. The molecule has 1 aromatic rings. The van der Waals surface area contributed by atoms with Gasteiger partial charge in [-0.05, 0) is 30.9 Å². The van der Waals surface area contributed by atoms with Gasteiger partial charge in [0, 0.05) is 16.7 Å². The van der Waals surface area contributed by atoms with Crippen molar-refractivity contribution >= 4 is 29.3 Å². The summed E-state index contributed by atoms with van der Waals surface area (Å²) in [5.74, 6) is 0.681. The number of carbonyl (C=O) groups excluding carboxylic acids is 1. The summed E-state index contributed by atoms with van der Waals surface area (Å²) in [5.41, 5.74) is 0.745. The van der Waals surface area contributed by atoms with Crippen molar-refractivity contribution in [2.24, 2.45) is 5.92 Å². The van der Waals surface area contributed by atoms with Crippen molar-refractivity contribution in [2.75, 3.05) is 12.0 Å². The van der Waals surface area contributed by atoms with Gasteiger partial charge in [0.1, 0.15) is 0 Å². The molecule has 2 N–H and O–H groups in total. The fraction of sp³-hybridized carbons (Fsp3) is 0.500. The summed E-state index contributed by atoms with van der Waals surface area (Å²) >= 11 is 7.44. The highest BCUT2D eigenvalue weighted by molar-refractivity contribution is 7.98. The van der Waals surface area contributed by atoms with Gasteiger partial charge in [-0.15, -0.1) is 0 Å². The first-order chi connectivity index (χ1) is 8.95. The summed E-state index contributed by atoms with van der Waals surface area (Å²) in [6.07, 6.45) is 1.23. The average Bonchev–Trinajstić information content (AvgIpc) is 2.38. The second-order valence-corrected chi connectivity index (χ2v) is 6.00. The Bertz CT molecular complexity index is 410. The Morgan fingerprint density at radius 1 is 1.37 bits per heavy atom. The predicted molar refractivity (Wildman–Crippen MR) is 81.6 cm³/mol. The van der Waals surface area contributed by atoms with Crippen LogP contribution < -0.4 is 5.32 Å². The average molecular weight is 302 g/mol. The minimum atomic E-state index is -0.734. The molecule has 0 radical (unpaired) electrons. The van der Waals surface area contributed by atoms with Crippen molar-refractivity contribution in [2.45, 2.75) is 26.0 Å². The first-order valence-corrected chi connectivity index (χ1v) is 7.95. The van der Waals surface area contributed by atoms with E-state index in [-0.39, 0.29) is 17.9 Å². The van der Waals surface area contributed by atoms with Crippen LogP contribution in [0.15, 0.2) is 24.3 Å². The van der Waals surface area contributed by atoms with Gasteiger partial charge in [0.05, 0.1) is 12.1 Å². The molecule has 0 aliphatic rings. The quantitative estimate of drug-likeness (QED) is 0.849. The van der Waals surface area contributed by atoms with Crippen LogP contribution in [0.2, 0.25) is 5.02 Å². The molecule has 1 aromatic carbocycles. The third-order valence-electron chi connectivity index (χ3n) is 2.92. The number of carbonyl (C=O) groups is 1. The van der Waals surface area contributed by atoms with E-state index in [4.69, 9.17) is 11.6 Å². The third-order valence-corrected chi connectivity index (χ3v) is 4.00. The lowest BCUT2D eigenvalue weighted by Crippen LogP contribution is -2.40. The highest BCUT2D eigenvalue weighted by Crippen LogP contribution is 2.19. The number of hydrogen-bond acceptors (Lipinski definition) is 3. The molecule has 1 rings (SSSR count). The molecule has 0 aliphatic carbocycles. The van der Waals surface area contributed by atoms with E-state index in [1.165, 1.54) is 0 Å². The third kappa shape index (κ3) is 5.05. The van der Waals surface area contributed by atoms with Crippen molar-refractivity contribution in [3.8, 4) is 0 Å². The summed E-state index contributed by atoms with van der Waals surface area (Å²) in [6, 6.07) is 6.65. The van der Waals surface area contributed by atoms with E-state index < -0.39 is 6.10 Å². The van der Waals surface area contributed by atoms with Crippen molar-refractivity contribution < 1.29 is 9.90 Å². The molecule has 0 aliphatic heterocycles. The fourth-order valence-corrected chi connectivity index (χ4v) is 2.50. The number of benzene rings is 1. The van der Waals surface area contributed by atoms with Crippen LogP contribution in [0.3, 0.4) is 0 Å². The highest BCUT2D eigenvalue weighted by Gasteiger charge is 2.21. The first kappa shape index (κ1) is 16.3. The topological polar surface area (TPSA) is 49.3 Å². The minimum absolute atomic E-state index is 0.0325. The van der Waals surface area contributed by atoms with Gasteiger partial charge in [-0.3, -0.25) is 4.79 Å². The molecule has 0 fully saturated rings. The molecule has 1 amide bonds. The number of aliphatic hydroxyl groups is 1. The van der Waals surface area contributed by atoms with E-state index >= 15 is 0 Å². The Morgan fingerprint density at radius 2 is 1.95 bits per heavy atom. The Kier molecular flexibility index (Phi) is 6.69. The van der Waals surface area contributed by atoms with E-state index in [1.54, 1.807) is 43.0 Å². The largest absolute Gasteiger partial charge is 0.386 e.